The lowest BCUT2D eigenvalue weighted by Gasteiger charge is -2.36. The van der Waals surface area contributed by atoms with E-state index in [2.05, 4.69) is 5.32 Å². The van der Waals surface area contributed by atoms with Gasteiger partial charge in [-0.2, -0.15) is 0 Å². The van der Waals surface area contributed by atoms with Gasteiger partial charge in [0.15, 0.2) is 5.78 Å². The molecule has 9 heteroatoms. The van der Waals surface area contributed by atoms with Crippen molar-refractivity contribution < 1.29 is 23.6 Å². The van der Waals surface area contributed by atoms with Crippen molar-refractivity contribution in [3.63, 3.8) is 0 Å². The molecule has 3 fully saturated rings. The van der Waals surface area contributed by atoms with E-state index in [1.807, 2.05) is 4.90 Å². The van der Waals surface area contributed by atoms with Crippen LogP contribution in [-0.2, 0) is 9.59 Å². The number of carbonyl (C=O) groups excluding carboxylic acids is 4. The summed E-state index contributed by atoms with van der Waals surface area (Å²) in [6.07, 6.45) is 3.24. The molecule has 1 aromatic rings. The van der Waals surface area contributed by atoms with E-state index in [4.69, 9.17) is 0 Å². The summed E-state index contributed by atoms with van der Waals surface area (Å²) in [7, 11) is 0. The van der Waals surface area contributed by atoms with Crippen LogP contribution in [0.4, 0.5) is 14.9 Å². The fraction of sp³-hybridized carbons (Fsp3) is 0.545. The number of ketones is 1. The minimum Gasteiger partial charge on any atom is -0.366 e. The summed E-state index contributed by atoms with van der Waals surface area (Å²) in [6, 6.07) is 4.03. The van der Waals surface area contributed by atoms with Gasteiger partial charge in [-0.1, -0.05) is 12.8 Å². The highest BCUT2D eigenvalue weighted by molar-refractivity contribution is 6.07. The molecular formula is C22H27FN4O4. The largest absolute Gasteiger partial charge is 0.366 e. The van der Waals surface area contributed by atoms with Crippen LogP contribution in [0.15, 0.2) is 18.2 Å². The maximum absolute atomic E-state index is 14.4. The number of nitrogens with zero attached hydrogens (tertiary/aromatic N) is 3. The van der Waals surface area contributed by atoms with Gasteiger partial charge < -0.3 is 15.1 Å². The lowest BCUT2D eigenvalue weighted by Crippen LogP contribution is -2.49. The first-order valence-corrected chi connectivity index (χ1v) is 10.8. The third kappa shape index (κ3) is 4.00. The van der Waals surface area contributed by atoms with Crippen LogP contribution in [0.5, 0.6) is 0 Å². The Morgan fingerprint density at radius 2 is 1.77 bits per heavy atom. The van der Waals surface area contributed by atoms with Gasteiger partial charge in [-0.25, -0.2) is 9.18 Å². The van der Waals surface area contributed by atoms with E-state index in [1.54, 1.807) is 17.0 Å². The third-order valence-corrected chi connectivity index (χ3v) is 6.58. The van der Waals surface area contributed by atoms with Gasteiger partial charge in [-0.05, 0) is 38.0 Å². The Hall–Kier alpha value is -2.97. The number of piperazine rings is 1. The third-order valence-electron chi connectivity index (χ3n) is 6.58. The first-order valence-electron chi connectivity index (χ1n) is 10.8. The van der Waals surface area contributed by atoms with Crippen LogP contribution >= 0.6 is 0 Å². The fourth-order valence-electron chi connectivity index (χ4n) is 4.74. The minimum atomic E-state index is -0.756. The molecule has 4 amide bonds. The number of benzene rings is 1. The van der Waals surface area contributed by atoms with Gasteiger partial charge in [0, 0.05) is 44.7 Å². The lowest BCUT2D eigenvalue weighted by molar-refractivity contribution is -0.133. The summed E-state index contributed by atoms with van der Waals surface area (Å²) in [5, 5.41) is 2.82. The second kappa shape index (κ2) is 8.28. The monoisotopic (exact) mass is 430 g/mol. The normalized spacial score (nSPS) is 20.5. The second-order valence-electron chi connectivity index (χ2n) is 8.52. The molecular weight excluding hydrogens is 403 g/mol. The van der Waals surface area contributed by atoms with Crippen LogP contribution in [-0.4, -0.2) is 71.7 Å². The zero-order valence-electron chi connectivity index (χ0n) is 17.7. The molecule has 1 N–H and O–H groups in total. The Bertz CT molecular complexity index is 920. The molecule has 2 heterocycles. The molecule has 4 rings (SSSR count). The number of urea groups is 1. The number of rotatable bonds is 5. The summed E-state index contributed by atoms with van der Waals surface area (Å²) in [5.41, 5.74) is -0.0124. The predicted octanol–water partition coefficient (Wildman–Crippen LogP) is 1.93. The predicted molar refractivity (Wildman–Crippen MR) is 111 cm³/mol. The van der Waals surface area contributed by atoms with Gasteiger partial charge in [-0.15, -0.1) is 0 Å². The van der Waals surface area contributed by atoms with Crippen LogP contribution in [0, 0.1) is 5.82 Å². The average molecular weight is 430 g/mol. The number of amides is 4. The fourth-order valence-corrected chi connectivity index (χ4v) is 4.74. The number of Topliss-reactive ketones (excluding diaryl/α,β-unsaturated/α-hetero) is 1. The van der Waals surface area contributed by atoms with Crippen molar-refractivity contribution in [3.8, 4) is 0 Å². The first kappa shape index (κ1) is 21.3. The smallest absolute Gasteiger partial charge is 0.325 e. The van der Waals surface area contributed by atoms with Crippen LogP contribution in [0.3, 0.4) is 0 Å². The molecule has 3 aliphatic rings. The van der Waals surface area contributed by atoms with Crippen LogP contribution in [0.25, 0.3) is 0 Å². The summed E-state index contributed by atoms with van der Waals surface area (Å²) in [5.74, 6) is -0.978. The van der Waals surface area contributed by atoms with Gasteiger partial charge in [0.05, 0.1) is 5.69 Å². The van der Waals surface area contributed by atoms with Crippen LogP contribution < -0.4 is 10.2 Å². The van der Waals surface area contributed by atoms with Crippen molar-refractivity contribution in [3.05, 3.63) is 29.6 Å². The number of nitrogens with one attached hydrogen (secondary N) is 1. The molecule has 0 unspecified atom stereocenters. The number of anilines is 1. The molecule has 1 saturated carbocycles. The van der Waals surface area contributed by atoms with Gasteiger partial charge in [0.2, 0.25) is 5.91 Å². The highest BCUT2D eigenvalue weighted by Crippen LogP contribution is 2.35. The molecule has 166 valence electrons. The van der Waals surface area contributed by atoms with Crippen LogP contribution in [0.2, 0.25) is 0 Å². The van der Waals surface area contributed by atoms with Crippen molar-refractivity contribution in [1.82, 2.24) is 15.1 Å². The maximum Gasteiger partial charge on any atom is 0.325 e. The number of hydrogen-bond acceptors (Lipinski definition) is 5. The van der Waals surface area contributed by atoms with Gasteiger partial charge >= 0.3 is 6.03 Å². The lowest BCUT2D eigenvalue weighted by atomic mass is 9.98. The number of hydrogen-bond donors (Lipinski definition) is 1. The molecule has 1 aliphatic carbocycles. The molecule has 0 bridgehead atoms. The van der Waals surface area contributed by atoms with Gasteiger partial charge in [0.25, 0.3) is 5.91 Å². The Morgan fingerprint density at radius 3 is 2.39 bits per heavy atom. The molecule has 0 atom stereocenters. The molecule has 2 saturated heterocycles. The summed E-state index contributed by atoms with van der Waals surface area (Å²) in [6.45, 7) is 3.26. The number of halogens is 1. The highest BCUT2D eigenvalue weighted by Gasteiger charge is 2.52. The molecule has 0 aromatic heterocycles. The van der Waals surface area contributed by atoms with Gasteiger partial charge in [0.1, 0.15) is 11.4 Å². The van der Waals surface area contributed by atoms with E-state index in [-0.39, 0.29) is 30.6 Å². The van der Waals surface area contributed by atoms with E-state index in [9.17, 15) is 23.6 Å². The number of carbonyl (C=O) groups is 4. The average Bonchev–Trinajstić information content (AvgIpc) is 3.31. The molecule has 2 aliphatic heterocycles. The first-order chi connectivity index (χ1) is 14.8. The van der Waals surface area contributed by atoms with Crippen molar-refractivity contribution in [1.29, 1.82) is 0 Å². The van der Waals surface area contributed by atoms with Crippen molar-refractivity contribution in [2.75, 3.05) is 37.6 Å². The minimum absolute atomic E-state index is 0.0760. The maximum atomic E-state index is 14.4. The van der Waals surface area contributed by atoms with E-state index in [0.29, 0.717) is 50.3 Å². The quantitative estimate of drug-likeness (QED) is 0.570. The van der Waals surface area contributed by atoms with Crippen molar-refractivity contribution in [2.24, 2.45) is 0 Å². The summed E-state index contributed by atoms with van der Waals surface area (Å²) >= 11 is 0. The number of imide groups is 1. The zero-order valence-corrected chi connectivity index (χ0v) is 17.7. The van der Waals surface area contributed by atoms with Crippen molar-refractivity contribution >= 4 is 29.3 Å². The van der Waals surface area contributed by atoms with Crippen LogP contribution in [0.1, 0.15) is 49.4 Å². The Balaban J connectivity index is 1.29. The van der Waals surface area contributed by atoms with E-state index in [1.165, 1.54) is 17.9 Å². The molecule has 1 aromatic carbocycles. The summed E-state index contributed by atoms with van der Waals surface area (Å²) in [4.78, 5) is 53.7. The summed E-state index contributed by atoms with van der Waals surface area (Å²) < 4.78 is 14.4. The molecule has 1 spiro atoms. The second-order valence-corrected chi connectivity index (χ2v) is 8.52. The molecule has 31 heavy (non-hydrogen) atoms. The molecule has 8 nitrogen and oxygen atoms in total. The Labute approximate surface area is 180 Å². The molecule has 0 radical (unpaired) electrons. The van der Waals surface area contributed by atoms with E-state index < -0.39 is 17.4 Å². The highest BCUT2D eigenvalue weighted by atomic mass is 19.1. The SMILES string of the molecule is CC(=O)c1ccc(N2CCN(C(=O)CCN3C(=O)NC4(CCCC4)C3=O)CC2)c(F)c1. The van der Waals surface area contributed by atoms with Gasteiger partial charge in [-0.3, -0.25) is 19.3 Å². The Kier molecular flexibility index (Phi) is 5.68. The Morgan fingerprint density at radius 1 is 1.10 bits per heavy atom. The zero-order chi connectivity index (χ0) is 22.2. The topological polar surface area (TPSA) is 90.0 Å². The van der Waals surface area contributed by atoms with Crippen molar-refractivity contribution in [2.45, 2.75) is 44.6 Å². The van der Waals surface area contributed by atoms with E-state index in [0.717, 1.165) is 12.8 Å². The van der Waals surface area contributed by atoms with E-state index >= 15 is 0 Å². The standard InChI is InChI=1S/C22H27FN4O4/c1-15(28)16-4-5-18(17(23)14-16)25-10-12-26(13-11-25)19(29)6-9-27-20(30)22(24-21(27)31)7-2-3-8-22/h4-5,14H,2-3,6-13H2,1H3,(H,24,31).